The third-order valence-electron chi connectivity index (χ3n) is 3.11. The Bertz CT molecular complexity index is 423. The van der Waals surface area contributed by atoms with Gasteiger partial charge in [0, 0.05) is 55.9 Å². The van der Waals surface area contributed by atoms with E-state index in [1.54, 1.807) is 0 Å². The molecule has 0 saturated carbocycles. The maximum Gasteiger partial charge on any atom is 0.161 e. The second-order valence-electron chi connectivity index (χ2n) is 4.49. The van der Waals surface area contributed by atoms with Crippen LogP contribution in [0.4, 0.5) is 13.2 Å². The van der Waals surface area contributed by atoms with Gasteiger partial charge in [-0.1, -0.05) is 0 Å². The van der Waals surface area contributed by atoms with Gasteiger partial charge in [0.2, 0.25) is 0 Å². The lowest BCUT2D eigenvalue weighted by atomic mass is 10.2. The van der Waals surface area contributed by atoms with Crippen molar-refractivity contribution in [1.82, 2.24) is 10.2 Å². The molecule has 1 aliphatic rings. The monoisotopic (exact) mass is 290 g/mol. The molecule has 0 bridgehead atoms. The summed E-state index contributed by atoms with van der Waals surface area (Å²) in [6.07, 6.45) is 0. The molecule has 0 amide bonds. The largest absolute Gasteiger partial charge is 0.311 e. The number of nitrogens with zero attached hydrogens (tertiary/aromatic N) is 1. The number of benzene rings is 1. The quantitative estimate of drug-likeness (QED) is 0.661. The normalized spacial score (nSPS) is 16.8. The van der Waals surface area contributed by atoms with E-state index in [0.29, 0.717) is 12.6 Å². The van der Waals surface area contributed by atoms with Crippen LogP contribution < -0.4 is 5.32 Å². The van der Waals surface area contributed by atoms with Gasteiger partial charge in [-0.05, 0) is 6.07 Å². The lowest BCUT2D eigenvalue weighted by Crippen LogP contribution is -2.37. The van der Waals surface area contributed by atoms with E-state index in [2.05, 4.69) is 10.2 Å². The molecule has 0 aromatic heterocycles. The molecule has 0 aliphatic carbocycles. The molecule has 6 heteroatoms. The summed E-state index contributed by atoms with van der Waals surface area (Å²) in [5, 5.41) is 3.06. The lowest BCUT2D eigenvalue weighted by molar-refractivity contribution is 0.300. The summed E-state index contributed by atoms with van der Waals surface area (Å²) in [4.78, 5) is 2.34. The Morgan fingerprint density at radius 3 is 2.47 bits per heavy atom. The number of halogens is 3. The zero-order chi connectivity index (χ0) is 13.7. The van der Waals surface area contributed by atoms with Crippen molar-refractivity contribution in [2.75, 3.05) is 37.7 Å². The molecule has 1 aromatic rings. The fraction of sp³-hybridized carbons (Fsp3) is 0.538. The van der Waals surface area contributed by atoms with E-state index in [1.807, 2.05) is 11.8 Å². The molecule has 2 nitrogen and oxygen atoms in total. The Kier molecular flexibility index (Phi) is 5.54. The van der Waals surface area contributed by atoms with E-state index in [-0.39, 0.29) is 12.1 Å². The first-order chi connectivity index (χ1) is 9.16. The maximum atomic E-state index is 13.4. The third kappa shape index (κ3) is 4.40. The molecule has 1 aromatic carbocycles. The van der Waals surface area contributed by atoms with Crippen molar-refractivity contribution in [3.8, 4) is 0 Å². The Morgan fingerprint density at radius 2 is 1.74 bits per heavy atom. The van der Waals surface area contributed by atoms with E-state index < -0.39 is 17.5 Å². The van der Waals surface area contributed by atoms with Crippen LogP contribution >= 0.6 is 11.8 Å². The van der Waals surface area contributed by atoms with Crippen LogP contribution in [0.15, 0.2) is 12.1 Å². The highest BCUT2D eigenvalue weighted by Gasteiger charge is 2.11. The second kappa shape index (κ2) is 7.17. The third-order valence-corrected chi connectivity index (χ3v) is 4.06. The fourth-order valence-corrected chi connectivity index (χ4v) is 2.96. The first-order valence-electron chi connectivity index (χ1n) is 6.31. The van der Waals surface area contributed by atoms with Gasteiger partial charge in [0.1, 0.15) is 5.82 Å². The topological polar surface area (TPSA) is 15.3 Å². The van der Waals surface area contributed by atoms with Gasteiger partial charge in [0.25, 0.3) is 0 Å². The van der Waals surface area contributed by atoms with Crippen LogP contribution in [0, 0.1) is 17.5 Å². The lowest BCUT2D eigenvalue weighted by Gasteiger charge is -2.26. The highest BCUT2D eigenvalue weighted by atomic mass is 32.2. The molecule has 106 valence electrons. The van der Waals surface area contributed by atoms with Gasteiger partial charge in [-0.3, -0.25) is 0 Å². The van der Waals surface area contributed by atoms with Gasteiger partial charge in [0.15, 0.2) is 11.6 Å². The predicted molar refractivity (Wildman–Crippen MR) is 71.8 cm³/mol. The molecule has 0 spiro atoms. The summed E-state index contributed by atoms with van der Waals surface area (Å²) in [7, 11) is 0. The summed E-state index contributed by atoms with van der Waals surface area (Å²) < 4.78 is 39.1. The highest BCUT2D eigenvalue weighted by Crippen LogP contribution is 2.13. The Labute approximate surface area is 115 Å². The highest BCUT2D eigenvalue weighted by molar-refractivity contribution is 7.99. The number of nitrogens with one attached hydrogen (secondary N) is 1. The van der Waals surface area contributed by atoms with Crippen molar-refractivity contribution in [2.45, 2.75) is 6.54 Å². The van der Waals surface area contributed by atoms with Crippen molar-refractivity contribution in [2.24, 2.45) is 0 Å². The second-order valence-corrected chi connectivity index (χ2v) is 5.71. The molecule has 2 rings (SSSR count). The Morgan fingerprint density at radius 1 is 1.05 bits per heavy atom. The molecule has 1 N–H and O–H groups in total. The Balaban J connectivity index is 1.74. The summed E-state index contributed by atoms with van der Waals surface area (Å²) in [6, 6.07) is 1.50. The van der Waals surface area contributed by atoms with Crippen LogP contribution in [0.25, 0.3) is 0 Å². The van der Waals surface area contributed by atoms with Crippen molar-refractivity contribution in [3.63, 3.8) is 0 Å². The van der Waals surface area contributed by atoms with E-state index in [4.69, 9.17) is 0 Å². The van der Waals surface area contributed by atoms with Crippen LogP contribution in [0.1, 0.15) is 5.56 Å². The molecule has 1 heterocycles. The summed E-state index contributed by atoms with van der Waals surface area (Å²) in [5.41, 5.74) is 0.160. The molecule has 1 aliphatic heterocycles. The predicted octanol–water partition coefficient (Wildman–Crippen LogP) is 2.24. The standard InChI is InChI=1S/C13H17F3N2S/c14-11-8-13(16)12(15)7-10(11)9-17-1-2-18-3-5-19-6-4-18/h7-8,17H,1-6,9H2. The van der Waals surface area contributed by atoms with Crippen molar-refractivity contribution in [3.05, 3.63) is 35.1 Å². The van der Waals surface area contributed by atoms with E-state index >= 15 is 0 Å². The average Bonchev–Trinajstić information content (AvgIpc) is 2.41. The minimum Gasteiger partial charge on any atom is -0.311 e. The molecule has 0 unspecified atom stereocenters. The molecule has 19 heavy (non-hydrogen) atoms. The van der Waals surface area contributed by atoms with E-state index in [9.17, 15) is 13.2 Å². The molecule has 1 saturated heterocycles. The van der Waals surface area contributed by atoms with E-state index in [1.165, 1.54) is 0 Å². The van der Waals surface area contributed by atoms with Gasteiger partial charge < -0.3 is 10.2 Å². The van der Waals surface area contributed by atoms with Gasteiger partial charge in [-0.2, -0.15) is 11.8 Å². The van der Waals surface area contributed by atoms with Gasteiger partial charge in [0.05, 0.1) is 0 Å². The molecular formula is C13H17F3N2S. The number of hydrogen-bond donors (Lipinski definition) is 1. The zero-order valence-electron chi connectivity index (χ0n) is 10.6. The van der Waals surface area contributed by atoms with Gasteiger partial charge in [-0.15, -0.1) is 0 Å². The van der Waals surface area contributed by atoms with Crippen LogP contribution in [-0.2, 0) is 6.54 Å². The minimum absolute atomic E-state index is 0.160. The van der Waals surface area contributed by atoms with Gasteiger partial charge >= 0.3 is 0 Å². The smallest absolute Gasteiger partial charge is 0.161 e. The van der Waals surface area contributed by atoms with E-state index in [0.717, 1.165) is 37.2 Å². The number of hydrogen-bond acceptors (Lipinski definition) is 3. The van der Waals surface area contributed by atoms with Crippen LogP contribution in [0.2, 0.25) is 0 Å². The summed E-state index contributed by atoms with van der Waals surface area (Å²) >= 11 is 1.95. The first kappa shape index (κ1) is 14.7. The minimum atomic E-state index is -1.15. The number of thioether (sulfide) groups is 1. The zero-order valence-corrected chi connectivity index (χ0v) is 11.4. The van der Waals surface area contributed by atoms with Gasteiger partial charge in [-0.25, -0.2) is 13.2 Å². The van der Waals surface area contributed by atoms with Crippen LogP contribution in [-0.4, -0.2) is 42.6 Å². The SMILES string of the molecule is Fc1cc(F)c(CNCCN2CCSCC2)cc1F. The van der Waals surface area contributed by atoms with Crippen LogP contribution in [0.5, 0.6) is 0 Å². The molecule has 1 fully saturated rings. The Hall–Kier alpha value is -0.720. The van der Waals surface area contributed by atoms with Crippen molar-refractivity contribution < 1.29 is 13.2 Å². The first-order valence-corrected chi connectivity index (χ1v) is 7.46. The molecule has 0 atom stereocenters. The van der Waals surface area contributed by atoms with Crippen molar-refractivity contribution in [1.29, 1.82) is 0 Å². The number of rotatable bonds is 5. The van der Waals surface area contributed by atoms with Crippen LogP contribution in [0.3, 0.4) is 0 Å². The molecular weight excluding hydrogens is 273 g/mol. The van der Waals surface area contributed by atoms with Crippen molar-refractivity contribution >= 4 is 11.8 Å². The fourth-order valence-electron chi connectivity index (χ4n) is 1.98. The maximum absolute atomic E-state index is 13.4. The molecule has 0 radical (unpaired) electrons. The summed E-state index contributed by atoms with van der Waals surface area (Å²) in [6.45, 7) is 3.97. The average molecular weight is 290 g/mol. The summed E-state index contributed by atoms with van der Waals surface area (Å²) in [5.74, 6) is -0.561.